The van der Waals surface area contributed by atoms with Crippen molar-refractivity contribution in [3.8, 4) is 22.3 Å². The van der Waals surface area contributed by atoms with Gasteiger partial charge >= 0.3 is 0 Å². The van der Waals surface area contributed by atoms with Crippen molar-refractivity contribution >= 4 is 71.3 Å². The monoisotopic (exact) mass is 637 g/mol. The lowest BCUT2D eigenvalue weighted by atomic mass is 9.97. The third-order valence-corrected chi connectivity index (χ3v) is 10.1. The van der Waals surface area contributed by atoms with Gasteiger partial charge in [-0.1, -0.05) is 152 Å². The molecular formula is C48H31NO. The van der Waals surface area contributed by atoms with Crippen LogP contribution in [0.3, 0.4) is 0 Å². The van der Waals surface area contributed by atoms with Gasteiger partial charge in [-0.25, -0.2) is 0 Å². The maximum Gasteiger partial charge on any atom is 0.159 e. The molecule has 0 aliphatic rings. The van der Waals surface area contributed by atoms with E-state index < -0.39 is 0 Å². The average Bonchev–Trinajstić information content (AvgIpc) is 3.58. The summed E-state index contributed by atoms with van der Waals surface area (Å²) in [6, 6.07) is 67.4. The van der Waals surface area contributed by atoms with E-state index in [1.165, 1.54) is 54.6 Å². The maximum atomic E-state index is 6.76. The molecule has 0 N–H and O–H groups in total. The van der Waals surface area contributed by atoms with Crippen molar-refractivity contribution in [2.45, 2.75) is 0 Å². The van der Waals surface area contributed by atoms with Gasteiger partial charge in [-0.05, 0) is 91.0 Å². The smallest absolute Gasteiger partial charge is 0.159 e. The summed E-state index contributed by atoms with van der Waals surface area (Å²) in [4.78, 5) is 2.33. The molecule has 10 aromatic rings. The Morgan fingerprint density at radius 1 is 0.340 bits per heavy atom. The van der Waals surface area contributed by atoms with Gasteiger partial charge in [-0.3, -0.25) is 0 Å². The average molecular weight is 638 g/mol. The highest BCUT2D eigenvalue weighted by Gasteiger charge is 2.21. The van der Waals surface area contributed by atoms with Gasteiger partial charge in [-0.15, -0.1) is 0 Å². The Morgan fingerprint density at radius 2 is 0.800 bits per heavy atom. The minimum absolute atomic E-state index is 0.870. The fourth-order valence-electron chi connectivity index (χ4n) is 7.69. The van der Waals surface area contributed by atoms with Crippen LogP contribution >= 0.6 is 0 Å². The third-order valence-electron chi connectivity index (χ3n) is 10.1. The molecule has 0 bridgehead atoms. The number of hydrogen-bond donors (Lipinski definition) is 0. The normalized spacial score (nSPS) is 11.6. The quantitative estimate of drug-likeness (QED) is 0.187. The number of fused-ring (bicyclic) bond motifs is 7. The Kier molecular flexibility index (Phi) is 6.53. The number of anilines is 3. The molecule has 0 radical (unpaired) electrons. The van der Waals surface area contributed by atoms with E-state index in [-0.39, 0.29) is 0 Å². The van der Waals surface area contributed by atoms with Crippen LogP contribution in [-0.4, -0.2) is 0 Å². The number of rotatable bonds is 5. The Labute approximate surface area is 290 Å². The predicted molar refractivity (Wildman–Crippen MR) is 212 cm³/mol. The van der Waals surface area contributed by atoms with E-state index in [2.05, 4.69) is 193 Å². The van der Waals surface area contributed by atoms with Crippen molar-refractivity contribution < 1.29 is 4.42 Å². The zero-order chi connectivity index (χ0) is 33.0. The molecule has 2 nitrogen and oxygen atoms in total. The molecule has 0 fully saturated rings. The molecule has 1 aromatic heterocycles. The zero-order valence-electron chi connectivity index (χ0n) is 27.3. The van der Waals surface area contributed by atoms with Crippen LogP contribution in [0, 0.1) is 0 Å². The molecule has 0 saturated carbocycles. The van der Waals surface area contributed by atoms with Crippen LogP contribution in [0.25, 0.3) is 76.5 Å². The molecule has 10 rings (SSSR count). The van der Waals surface area contributed by atoms with E-state index in [1.54, 1.807) is 0 Å². The topological polar surface area (TPSA) is 16.4 Å². The van der Waals surface area contributed by atoms with Gasteiger partial charge in [0.05, 0.1) is 5.69 Å². The van der Waals surface area contributed by atoms with Gasteiger partial charge in [0.1, 0.15) is 5.58 Å². The number of benzene rings is 9. The van der Waals surface area contributed by atoms with Crippen molar-refractivity contribution in [1.82, 2.24) is 0 Å². The van der Waals surface area contributed by atoms with Gasteiger partial charge in [0, 0.05) is 22.1 Å². The van der Waals surface area contributed by atoms with Crippen LogP contribution in [0.4, 0.5) is 17.1 Å². The highest BCUT2D eigenvalue weighted by atomic mass is 16.3. The van der Waals surface area contributed by atoms with Gasteiger partial charge in [0.2, 0.25) is 0 Å². The number of nitrogens with zero attached hydrogens (tertiary/aromatic N) is 1. The second-order valence-electron chi connectivity index (χ2n) is 12.9. The first kappa shape index (κ1) is 28.4. The molecule has 0 atom stereocenters. The standard InChI is InChI=1S/C48H31NO/c1-4-15-39-32(10-1)13-7-18-41(39)35-22-27-37(28-23-35)49(38-29-24-36(25-30-38)42-19-8-14-33-11-2-5-16-40(33)42)45-21-9-20-44-47-43-17-6-3-12-34(43)26-31-46(47)50-48(44)45/h1-31H. The van der Waals surface area contributed by atoms with E-state index in [9.17, 15) is 0 Å². The Morgan fingerprint density at radius 3 is 1.38 bits per heavy atom. The van der Waals surface area contributed by atoms with Crippen molar-refractivity contribution in [3.05, 3.63) is 188 Å². The number of hydrogen-bond acceptors (Lipinski definition) is 2. The molecule has 234 valence electrons. The minimum atomic E-state index is 0.870. The first-order valence-electron chi connectivity index (χ1n) is 17.1. The fraction of sp³-hybridized carbons (Fsp3) is 0. The van der Waals surface area contributed by atoms with E-state index in [0.29, 0.717) is 0 Å². The summed E-state index contributed by atoms with van der Waals surface area (Å²) in [6.45, 7) is 0. The van der Waals surface area contributed by atoms with Crippen molar-refractivity contribution in [1.29, 1.82) is 0 Å². The first-order valence-corrected chi connectivity index (χ1v) is 17.1. The lowest BCUT2D eigenvalue weighted by molar-refractivity contribution is 0.669. The number of furan rings is 1. The first-order chi connectivity index (χ1) is 24.8. The Bertz CT molecular complexity index is 2730. The molecule has 0 amide bonds. The summed E-state index contributed by atoms with van der Waals surface area (Å²) in [6.07, 6.45) is 0. The fourth-order valence-corrected chi connectivity index (χ4v) is 7.69. The van der Waals surface area contributed by atoms with Crippen LogP contribution in [0.2, 0.25) is 0 Å². The predicted octanol–water partition coefficient (Wildman–Crippen LogP) is 13.8. The van der Waals surface area contributed by atoms with E-state index in [4.69, 9.17) is 4.42 Å². The van der Waals surface area contributed by atoms with Gasteiger partial charge in [-0.2, -0.15) is 0 Å². The summed E-state index contributed by atoms with van der Waals surface area (Å²) in [7, 11) is 0. The summed E-state index contributed by atoms with van der Waals surface area (Å²) in [5, 5.41) is 9.66. The second-order valence-corrected chi connectivity index (χ2v) is 12.9. The molecule has 0 aliphatic heterocycles. The van der Waals surface area contributed by atoms with Crippen LogP contribution < -0.4 is 4.90 Å². The summed E-state index contributed by atoms with van der Waals surface area (Å²) < 4.78 is 6.76. The lowest BCUT2D eigenvalue weighted by Crippen LogP contribution is -2.10. The van der Waals surface area contributed by atoms with E-state index in [0.717, 1.165) is 39.0 Å². The largest absolute Gasteiger partial charge is 0.454 e. The Balaban J connectivity index is 1.15. The molecule has 9 aromatic carbocycles. The van der Waals surface area contributed by atoms with Crippen molar-refractivity contribution in [2.75, 3.05) is 4.90 Å². The molecule has 0 saturated heterocycles. The van der Waals surface area contributed by atoms with Crippen molar-refractivity contribution in [2.24, 2.45) is 0 Å². The molecular weight excluding hydrogens is 607 g/mol. The minimum Gasteiger partial charge on any atom is -0.454 e. The molecule has 50 heavy (non-hydrogen) atoms. The Hall–Kier alpha value is -6.64. The molecule has 0 unspecified atom stereocenters. The number of para-hydroxylation sites is 1. The zero-order valence-corrected chi connectivity index (χ0v) is 27.3. The molecule has 0 aliphatic carbocycles. The van der Waals surface area contributed by atoms with Gasteiger partial charge < -0.3 is 9.32 Å². The SMILES string of the molecule is c1ccc2c(-c3ccc(N(c4ccc(-c5cccc6ccccc56)cc4)c4cccc5c4oc4ccc6ccccc6c45)cc3)cccc2c1. The van der Waals surface area contributed by atoms with E-state index >= 15 is 0 Å². The lowest BCUT2D eigenvalue weighted by Gasteiger charge is -2.26. The third kappa shape index (κ3) is 4.57. The highest BCUT2D eigenvalue weighted by Crippen LogP contribution is 2.44. The summed E-state index contributed by atoms with van der Waals surface area (Å²) >= 11 is 0. The van der Waals surface area contributed by atoms with Crippen LogP contribution in [-0.2, 0) is 0 Å². The molecule has 1 heterocycles. The maximum absolute atomic E-state index is 6.76. The summed E-state index contributed by atoms with van der Waals surface area (Å²) in [5.74, 6) is 0. The molecule has 2 heteroatoms. The van der Waals surface area contributed by atoms with Gasteiger partial charge in [0.25, 0.3) is 0 Å². The van der Waals surface area contributed by atoms with Crippen LogP contribution in [0.15, 0.2) is 192 Å². The molecule has 0 spiro atoms. The highest BCUT2D eigenvalue weighted by molar-refractivity contribution is 6.21. The van der Waals surface area contributed by atoms with Gasteiger partial charge in [0.15, 0.2) is 5.58 Å². The van der Waals surface area contributed by atoms with Crippen molar-refractivity contribution in [3.63, 3.8) is 0 Å². The van der Waals surface area contributed by atoms with Crippen LogP contribution in [0.5, 0.6) is 0 Å². The van der Waals surface area contributed by atoms with Crippen LogP contribution in [0.1, 0.15) is 0 Å². The second kappa shape index (κ2) is 11.5. The van der Waals surface area contributed by atoms with E-state index in [1.807, 2.05) is 0 Å². The summed E-state index contributed by atoms with van der Waals surface area (Å²) in [5.41, 5.74) is 9.71.